The van der Waals surface area contributed by atoms with Gasteiger partial charge in [-0.05, 0) is 18.2 Å². The van der Waals surface area contributed by atoms with E-state index in [-0.39, 0.29) is 5.56 Å². The SMILES string of the molecule is COc1ccc(-c2cccc(C(=O)O)c2)nn1. The highest BCUT2D eigenvalue weighted by molar-refractivity contribution is 5.89. The van der Waals surface area contributed by atoms with Gasteiger partial charge in [0, 0.05) is 11.6 Å². The summed E-state index contributed by atoms with van der Waals surface area (Å²) in [4.78, 5) is 10.8. The van der Waals surface area contributed by atoms with Crippen molar-refractivity contribution in [2.75, 3.05) is 7.11 Å². The van der Waals surface area contributed by atoms with Crippen LogP contribution in [0.2, 0.25) is 0 Å². The molecule has 1 heterocycles. The lowest BCUT2D eigenvalue weighted by molar-refractivity contribution is 0.0697. The van der Waals surface area contributed by atoms with Crippen LogP contribution < -0.4 is 4.74 Å². The van der Waals surface area contributed by atoms with E-state index in [2.05, 4.69) is 10.2 Å². The minimum Gasteiger partial charge on any atom is -0.480 e. The zero-order chi connectivity index (χ0) is 12.3. The van der Waals surface area contributed by atoms with Crippen molar-refractivity contribution in [3.05, 3.63) is 42.0 Å². The summed E-state index contributed by atoms with van der Waals surface area (Å²) in [7, 11) is 1.51. The van der Waals surface area contributed by atoms with E-state index < -0.39 is 5.97 Å². The van der Waals surface area contributed by atoms with Crippen LogP contribution in [0.3, 0.4) is 0 Å². The number of aromatic nitrogens is 2. The Hall–Kier alpha value is -2.43. The lowest BCUT2D eigenvalue weighted by Crippen LogP contribution is -1.97. The fourth-order valence-electron chi connectivity index (χ4n) is 1.39. The van der Waals surface area contributed by atoms with E-state index in [9.17, 15) is 4.79 Å². The molecule has 5 heteroatoms. The molecule has 0 atom stereocenters. The number of rotatable bonds is 3. The number of ether oxygens (including phenoxy) is 1. The van der Waals surface area contributed by atoms with Crippen LogP contribution in [0.4, 0.5) is 0 Å². The molecule has 0 spiro atoms. The van der Waals surface area contributed by atoms with Gasteiger partial charge >= 0.3 is 5.97 Å². The van der Waals surface area contributed by atoms with Crippen molar-refractivity contribution in [3.8, 4) is 17.1 Å². The number of hydrogen-bond donors (Lipinski definition) is 1. The molecule has 0 fully saturated rings. The number of nitrogens with zero attached hydrogens (tertiary/aromatic N) is 2. The van der Waals surface area contributed by atoms with Gasteiger partial charge in [-0.15, -0.1) is 10.2 Å². The lowest BCUT2D eigenvalue weighted by atomic mass is 10.1. The molecule has 0 amide bonds. The predicted molar refractivity (Wildman–Crippen MR) is 61.0 cm³/mol. The van der Waals surface area contributed by atoms with Crippen LogP contribution in [0.5, 0.6) is 5.88 Å². The second kappa shape index (κ2) is 4.61. The molecule has 0 bridgehead atoms. The first kappa shape index (κ1) is 11.1. The maximum Gasteiger partial charge on any atom is 0.335 e. The maximum absolute atomic E-state index is 10.8. The first-order valence-electron chi connectivity index (χ1n) is 4.92. The molecule has 86 valence electrons. The van der Waals surface area contributed by atoms with E-state index in [0.29, 0.717) is 17.1 Å². The second-order valence-electron chi connectivity index (χ2n) is 3.35. The Labute approximate surface area is 97.7 Å². The van der Waals surface area contributed by atoms with Crippen molar-refractivity contribution < 1.29 is 14.6 Å². The minimum absolute atomic E-state index is 0.222. The van der Waals surface area contributed by atoms with Gasteiger partial charge in [0.25, 0.3) is 0 Å². The van der Waals surface area contributed by atoms with Gasteiger partial charge in [0.2, 0.25) is 5.88 Å². The van der Waals surface area contributed by atoms with Crippen molar-refractivity contribution in [3.63, 3.8) is 0 Å². The van der Waals surface area contributed by atoms with Crippen molar-refractivity contribution in [2.45, 2.75) is 0 Å². The molecule has 0 saturated carbocycles. The van der Waals surface area contributed by atoms with Gasteiger partial charge in [-0.25, -0.2) is 4.79 Å². The fraction of sp³-hybridized carbons (Fsp3) is 0.0833. The van der Waals surface area contributed by atoms with Gasteiger partial charge < -0.3 is 9.84 Å². The maximum atomic E-state index is 10.8. The number of benzene rings is 1. The van der Waals surface area contributed by atoms with Crippen molar-refractivity contribution in [1.29, 1.82) is 0 Å². The second-order valence-corrected chi connectivity index (χ2v) is 3.35. The third-order valence-electron chi connectivity index (χ3n) is 2.25. The third-order valence-corrected chi connectivity index (χ3v) is 2.25. The molecule has 2 rings (SSSR count). The number of aromatic carboxylic acids is 1. The van der Waals surface area contributed by atoms with Crippen LogP contribution in [0.1, 0.15) is 10.4 Å². The summed E-state index contributed by atoms with van der Waals surface area (Å²) >= 11 is 0. The van der Waals surface area contributed by atoms with Crippen molar-refractivity contribution in [2.24, 2.45) is 0 Å². The van der Waals surface area contributed by atoms with Gasteiger partial charge in [0.15, 0.2) is 0 Å². The quantitative estimate of drug-likeness (QED) is 0.871. The number of carboxylic acids is 1. The molecular weight excluding hydrogens is 220 g/mol. The van der Waals surface area contributed by atoms with Crippen LogP contribution in [-0.2, 0) is 0 Å². The molecule has 1 aromatic carbocycles. The van der Waals surface area contributed by atoms with E-state index in [0.717, 1.165) is 0 Å². The highest BCUT2D eigenvalue weighted by atomic mass is 16.5. The molecule has 5 nitrogen and oxygen atoms in total. The summed E-state index contributed by atoms with van der Waals surface area (Å²) in [5.41, 5.74) is 1.54. The zero-order valence-corrected chi connectivity index (χ0v) is 9.12. The lowest BCUT2D eigenvalue weighted by Gasteiger charge is -2.02. The molecule has 0 aliphatic heterocycles. The number of carbonyl (C=O) groups is 1. The first-order chi connectivity index (χ1) is 8.20. The van der Waals surface area contributed by atoms with E-state index in [4.69, 9.17) is 9.84 Å². The van der Waals surface area contributed by atoms with Crippen LogP contribution in [0, 0.1) is 0 Å². The average molecular weight is 230 g/mol. The van der Waals surface area contributed by atoms with Gasteiger partial charge in [-0.2, -0.15) is 0 Å². The number of hydrogen-bond acceptors (Lipinski definition) is 4. The third kappa shape index (κ3) is 2.39. The number of carboxylic acid groups (broad SMARTS) is 1. The zero-order valence-electron chi connectivity index (χ0n) is 9.12. The Morgan fingerprint density at radius 2 is 2.06 bits per heavy atom. The van der Waals surface area contributed by atoms with Gasteiger partial charge in [0.05, 0.1) is 18.4 Å². The molecule has 0 saturated heterocycles. The van der Waals surface area contributed by atoms with Gasteiger partial charge in [0.1, 0.15) is 0 Å². The fourth-order valence-corrected chi connectivity index (χ4v) is 1.39. The van der Waals surface area contributed by atoms with E-state index in [1.807, 2.05) is 0 Å². The summed E-state index contributed by atoms with van der Waals surface area (Å²) in [5, 5.41) is 16.7. The largest absolute Gasteiger partial charge is 0.480 e. The van der Waals surface area contributed by atoms with Crippen LogP contribution in [0.15, 0.2) is 36.4 Å². The Balaban J connectivity index is 2.38. The monoisotopic (exact) mass is 230 g/mol. The van der Waals surface area contributed by atoms with Gasteiger partial charge in [-0.3, -0.25) is 0 Å². The van der Waals surface area contributed by atoms with E-state index >= 15 is 0 Å². The van der Waals surface area contributed by atoms with Crippen LogP contribution >= 0.6 is 0 Å². The molecular formula is C12H10N2O3. The normalized spacial score (nSPS) is 9.94. The number of methoxy groups -OCH3 is 1. The van der Waals surface area contributed by atoms with E-state index in [1.165, 1.54) is 13.2 Å². The molecule has 0 radical (unpaired) electrons. The van der Waals surface area contributed by atoms with Crippen molar-refractivity contribution in [1.82, 2.24) is 10.2 Å². The highest BCUT2D eigenvalue weighted by Crippen LogP contribution is 2.18. The Bertz CT molecular complexity index is 538. The molecule has 1 N–H and O–H groups in total. The smallest absolute Gasteiger partial charge is 0.335 e. The van der Waals surface area contributed by atoms with Crippen molar-refractivity contribution >= 4 is 5.97 Å². The predicted octanol–water partition coefficient (Wildman–Crippen LogP) is 1.85. The molecule has 2 aromatic rings. The molecule has 0 aliphatic carbocycles. The first-order valence-corrected chi connectivity index (χ1v) is 4.92. The van der Waals surface area contributed by atoms with Crippen LogP contribution in [-0.4, -0.2) is 28.4 Å². The summed E-state index contributed by atoms with van der Waals surface area (Å²) in [6.07, 6.45) is 0. The van der Waals surface area contributed by atoms with Crippen LogP contribution in [0.25, 0.3) is 11.3 Å². The molecule has 0 aliphatic rings. The summed E-state index contributed by atoms with van der Waals surface area (Å²) in [6.45, 7) is 0. The Morgan fingerprint density at radius 1 is 1.24 bits per heavy atom. The Morgan fingerprint density at radius 3 is 2.65 bits per heavy atom. The standard InChI is InChI=1S/C12H10N2O3/c1-17-11-6-5-10(13-14-11)8-3-2-4-9(7-8)12(15)16/h2-7H,1H3,(H,15,16). The average Bonchev–Trinajstić information content (AvgIpc) is 2.39. The molecule has 0 unspecified atom stereocenters. The Kier molecular flexibility index (Phi) is 3.00. The summed E-state index contributed by atoms with van der Waals surface area (Å²) in [5.74, 6) is -0.545. The summed E-state index contributed by atoms with van der Waals surface area (Å²) < 4.78 is 4.90. The summed E-state index contributed by atoms with van der Waals surface area (Å²) in [6, 6.07) is 9.94. The molecule has 17 heavy (non-hydrogen) atoms. The van der Waals surface area contributed by atoms with Gasteiger partial charge in [-0.1, -0.05) is 12.1 Å². The highest BCUT2D eigenvalue weighted by Gasteiger charge is 2.06. The van der Waals surface area contributed by atoms with E-state index in [1.54, 1.807) is 30.3 Å². The minimum atomic E-state index is -0.965. The molecule has 1 aromatic heterocycles. The topological polar surface area (TPSA) is 72.3 Å².